The number of ether oxygens (including phenoxy) is 2. The van der Waals surface area contributed by atoms with Crippen LogP contribution in [0.1, 0.15) is 37.8 Å². The van der Waals surface area contributed by atoms with Crippen LogP contribution < -0.4 is 15.2 Å². The fraction of sp³-hybridized carbons (Fsp3) is 0.400. The van der Waals surface area contributed by atoms with E-state index < -0.39 is 0 Å². The monoisotopic (exact) mass is 347 g/mol. The van der Waals surface area contributed by atoms with Crippen LogP contribution in [0.3, 0.4) is 0 Å². The van der Waals surface area contributed by atoms with Gasteiger partial charge in [0.25, 0.3) is 0 Å². The van der Waals surface area contributed by atoms with Crippen LogP contribution in [0.2, 0.25) is 5.02 Å². The van der Waals surface area contributed by atoms with E-state index in [2.05, 4.69) is 6.07 Å². The largest absolute Gasteiger partial charge is 0.490 e. The highest BCUT2D eigenvalue weighted by Gasteiger charge is 2.15. The maximum absolute atomic E-state index is 6.33. The summed E-state index contributed by atoms with van der Waals surface area (Å²) in [5.41, 5.74) is 8.24. The van der Waals surface area contributed by atoms with Crippen molar-refractivity contribution in [2.75, 3.05) is 13.2 Å². The lowest BCUT2D eigenvalue weighted by Gasteiger charge is -2.19. The molecule has 0 amide bonds. The van der Waals surface area contributed by atoms with Crippen molar-refractivity contribution in [1.82, 2.24) is 0 Å². The molecule has 0 aromatic heterocycles. The third-order valence-electron chi connectivity index (χ3n) is 3.78. The van der Waals surface area contributed by atoms with Gasteiger partial charge in [-0.05, 0) is 63.1 Å². The van der Waals surface area contributed by atoms with Gasteiger partial charge in [0.15, 0.2) is 11.5 Å². The third kappa shape index (κ3) is 4.89. The smallest absolute Gasteiger partial charge is 0.161 e. The van der Waals surface area contributed by atoms with E-state index in [-0.39, 0.29) is 12.0 Å². The summed E-state index contributed by atoms with van der Waals surface area (Å²) < 4.78 is 11.6. The zero-order valence-electron chi connectivity index (χ0n) is 14.6. The van der Waals surface area contributed by atoms with Crippen molar-refractivity contribution in [2.45, 2.75) is 39.2 Å². The molecule has 0 heterocycles. The van der Waals surface area contributed by atoms with Gasteiger partial charge in [-0.1, -0.05) is 35.9 Å². The van der Waals surface area contributed by atoms with Crippen LogP contribution in [0, 0.1) is 0 Å². The first-order valence-corrected chi connectivity index (χ1v) is 8.79. The van der Waals surface area contributed by atoms with Crippen LogP contribution in [0.5, 0.6) is 11.5 Å². The molecule has 3 nitrogen and oxygen atoms in total. The van der Waals surface area contributed by atoms with Gasteiger partial charge in [0.05, 0.1) is 12.7 Å². The number of halogens is 1. The Kier molecular flexibility index (Phi) is 6.95. The molecule has 2 aromatic carbocycles. The van der Waals surface area contributed by atoms with Gasteiger partial charge >= 0.3 is 0 Å². The van der Waals surface area contributed by atoms with Gasteiger partial charge in [-0.15, -0.1) is 0 Å². The number of benzene rings is 2. The Bertz CT molecular complexity index is 658. The van der Waals surface area contributed by atoms with E-state index in [9.17, 15) is 0 Å². The maximum atomic E-state index is 6.33. The molecule has 1 atom stereocenters. The Hall–Kier alpha value is -1.71. The summed E-state index contributed by atoms with van der Waals surface area (Å²) in [6.07, 6.45) is 0.914. The Morgan fingerprint density at radius 1 is 1.08 bits per heavy atom. The molecule has 24 heavy (non-hydrogen) atoms. The minimum atomic E-state index is 0.106. The van der Waals surface area contributed by atoms with Crippen LogP contribution in [0.15, 0.2) is 42.5 Å². The van der Waals surface area contributed by atoms with Gasteiger partial charge in [0, 0.05) is 10.9 Å². The van der Waals surface area contributed by atoms with Gasteiger partial charge in [-0.2, -0.15) is 0 Å². The Balaban J connectivity index is 2.24. The van der Waals surface area contributed by atoms with Crippen LogP contribution in [-0.2, 0) is 6.42 Å². The molecule has 0 radical (unpaired) electrons. The first-order valence-electron chi connectivity index (χ1n) is 8.42. The van der Waals surface area contributed by atoms with Gasteiger partial charge in [0.2, 0.25) is 0 Å². The van der Waals surface area contributed by atoms with Crippen LogP contribution >= 0.6 is 11.6 Å². The first-order chi connectivity index (χ1) is 11.5. The molecule has 130 valence electrons. The SMILES string of the molecule is CCOc1cc(CC(CN)c2ccccc2Cl)ccc1OC(C)C. The number of hydrogen-bond donors (Lipinski definition) is 1. The van der Waals surface area contributed by atoms with Crippen molar-refractivity contribution < 1.29 is 9.47 Å². The first kappa shape index (κ1) is 18.6. The van der Waals surface area contributed by atoms with Crippen LogP contribution in [-0.4, -0.2) is 19.3 Å². The van der Waals surface area contributed by atoms with E-state index in [0.29, 0.717) is 13.2 Å². The molecule has 4 heteroatoms. The van der Waals surface area contributed by atoms with E-state index in [4.69, 9.17) is 26.8 Å². The second kappa shape index (κ2) is 8.95. The number of rotatable bonds is 8. The van der Waals surface area contributed by atoms with E-state index in [1.165, 1.54) is 0 Å². The molecule has 0 aliphatic heterocycles. The van der Waals surface area contributed by atoms with Gasteiger partial charge in [-0.3, -0.25) is 0 Å². The van der Waals surface area contributed by atoms with E-state index >= 15 is 0 Å². The summed E-state index contributed by atoms with van der Waals surface area (Å²) in [6.45, 7) is 7.12. The van der Waals surface area contributed by atoms with Crippen molar-refractivity contribution in [2.24, 2.45) is 5.73 Å². The van der Waals surface area contributed by atoms with Gasteiger partial charge in [0.1, 0.15) is 0 Å². The lowest BCUT2D eigenvalue weighted by molar-refractivity contribution is 0.223. The van der Waals surface area contributed by atoms with Crippen molar-refractivity contribution in [3.63, 3.8) is 0 Å². The summed E-state index contributed by atoms with van der Waals surface area (Å²) in [6, 6.07) is 14.0. The van der Waals surface area contributed by atoms with E-state index in [0.717, 1.165) is 34.1 Å². The average Bonchev–Trinajstić information content (AvgIpc) is 2.55. The summed E-state index contributed by atoms with van der Waals surface area (Å²) in [5, 5.41) is 0.762. The summed E-state index contributed by atoms with van der Waals surface area (Å²) in [7, 11) is 0. The second-order valence-corrected chi connectivity index (χ2v) is 6.45. The lowest BCUT2D eigenvalue weighted by atomic mass is 9.92. The molecule has 2 aromatic rings. The van der Waals surface area contributed by atoms with Gasteiger partial charge < -0.3 is 15.2 Å². The van der Waals surface area contributed by atoms with E-state index in [1.807, 2.05) is 57.2 Å². The lowest BCUT2D eigenvalue weighted by Crippen LogP contribution is -2.15. The van der Waals surface area contributed by atoms with Crippen molar-refractivity contribution in [1.29, 1.82) is 0 Å². The zero-order chi connectivity index (χ0) is 17.5. The minimum absolute atomic E-state index is 0.106. The Morgan fingerprint density at radius 2 is 1.83 bits per heavy atom. The third-order valence-corrected chi connectivity index (χ3v) is 4.13. The highest BCUT2D eigenvalue weighted by atomic mass is 35.5. The van der Waals surface area contributed by atoms with Crippen LogP contribution in [0.25, 0.3) is 0 Å². The molecular weight excluding hydrogens is 322 g/mol. The molecule has 0 spiro atoms. The fourth-order valence-corrected chi connectivity index (χ4v) is 3.00. The standard InChI is InChI=1S/C20H26ClNO2/c1-4-23-20-12-15(9-10-19(20)24-14(2)3)11-16(13-22)17-7-5-6-8-18(17)21/h5-10,12,14,16H,4,11,13,22H2,1-3H3. The van der Waals surface area contributed by atoms with Crippen molar-refractivity contribution in [3.05, 3.63) is 58.6 Å². The molecule has 0 fully saturated rings. The quantitative estimate of drug-likeness (QED) is 0.745. The van der Waals surface area contributed by atoms with Gasteiger partial charge in [-0.25, -0.2) is 0 Å². The highest BCUT2D eigenvalue weighted by molar-refractivity contribution is 6.31. The van der Waals surface area contributed by atoms with Crippen molar-refractivity contribution in [3.8, 4) is 11.5 Å². The molecular formula is C20H26ClNO2. The molecule has 0 saturated heterocycles. The van der Waals surface area contributed by atoms with E-state index in [1.54, 1.807) is 0 Å². The second-order valence-electron chi connectivity index (χ2n) is 6.04. The predicted octanol–water partition coefficient (Wildman–Crippen LogP) is 4.81. The fourth-order valence-electron chi connectivity index (χ4n) is 2.71. The molecule has 0 saturated carbocycles. The summed E-state index contributed by atoms with van der Waals surface area (Å²) in [4.78, 5) is 0. The zero-order valence-corrected chi connectivity index (χ0v) is 15.3. The average molecular weight is 348 g/mol. The Labute approximate surface area is 149 Å². The topological polar surface area (TPSA) is 44.5 Å². The predicted molar refractivity (Wildman–Crippen MR) is 100 cm³/mol. The highest BCUT2D eigenvalue weighted by Crippen LogP contribution is 2.32. The summed E-state index contributed by atoms with van der Waals surface area (Å²) >= 11 is 6.33. The minimum Gasteiger partial charge on any atom is -0.490 e. The Morgan fingerprint density at radius 3 is 2.46 bits per heavy atom. The molecule has 0 aliphatic rings. The normalized spacial score (nSPS) is 12.2. The molecule has 0 bridgehead atoms. The van der Waals surface area contributed by atoms with Crippen LogP contribution in [0.4, 0.5) is 0 Å². The summed E-state index contributed by atoms with van der Waals surface area (Å²) in [5.74, 6) is 1.72. The van der Waals surface area contributed by atoms with Crippen molar-refractivity contribution >= 4 is 11.6 Å². The number of hydrogen-bond acceptors (Lipinski definition) is 3. The number of nitrogens with two attached hydrogens (primary N) is 1. The molecule has 2 rings (SSSR count). The maximum Gasteiger partial charge on any atom is 0.161 e. The molecule has 2 N–H and O–H groups in total. The molecule has 1 unspecified atom stereocenters. The molecule has 0 aliphatic carbocycles.